The molecule has 5 rings (SSSR count). The maximum absolute atomic E-state index is 15.2. The van der Waals surface area contributed by atoms with Gasteiger partial charge >= 0.3 is 0 Å². The number of alkyl halides is 1. The second kappa shape index (κ2) is 15.0. The van der Waals surface area contributed by atoms with Crippen molar-refractivity contribution in [2.45, 2.75) is 60.5 Å². The predicted octanol–water partition coefficient (Wildman–Crippen LogP) is 5.67. The van der Waals surface area contributed by atoms with Crippen LogP contribution in [0, 0.1) is 11.8 Å². The van der Waals surface area contributed by atoms with Crippen LogP contribution in [0.5, 0.6) is 0 Å². The molecule has 2 bridgehead atoms. The Kier molecular flexibility index (Phi) is 11.2. The molecular weight excluding hydrogens is 676 g/mol. The van der Waals surface area contributed by atoms with E-state index in [2.05, 4.69) is 47.8 Å². The van der Waals surface area contributed by atoms with Crippen LogP contribution < -0.4 is 9.80 Å². The van der Waals surface area contributed by atoms with Gasteiger partial charge in [0.05, 0.1) is 29.2 Å². The summed E-state index contributed by atoms with van der Waals surface area (Å²) in [6.07, 6.45) is 4.76. The molecular formula is C37H47BrN4O4S. The minimum atomic E-state index is -0.911. The third-order valence-electron chi connectivity index (χ3n) is 9.96. The summed E-state index contributed by atoms with van der Waals surface area (Å²) < 4.78 is -0.859. The summed E-state index contributed by atoms with van der Waals surface area (Å²) >= 11 is 5.50. The van der Waals surface area contributed by atoms with Gasteiger partial charge < -0.3 is 24.7 Å². The number of fused-ring (bicyclic) bond motifs is 1. The zero-order valence-electron chi connectivity index (χ0n) is 27.6. The Hall–Kier alpha value is -3.08. The smallest absolute Gasteiger partial charge is 0.251 e. The van der Waals surface area contributed by atoms with Crippen LogP contribution in [0.15, 0.2) is 79.9 Å². The normalized spacial score (nSPS) is 26.5. The number of amides is 3. The SMILES string of the molecule is C=CCN(CCC)C(=O)[C@H]1[C@H]2C(=O)N([C@H](CO)c3ccccc3)C(C(=O)N(CC=C)c3ccc(N(CC)CC)cc3)C23CC(Br)[C@@H]1S3. The fourth-order valence-electron chi connectivity index (χ4n) is 7.95. The molecule has 0 saturated carbocycles. The lowest BCUT2D eigenvalue weighted by molar-refractivity contribution is -0.145. The fraction of sp³-hybridized carbons (Fsp3) is 0.486. The number of hydrogen-bond acceptors (Lipinski definition) is 6. The van der Waals surface area contributed by atoms with Crippen molar-refractivity contribution >= 4 is 56.8 Å². The highest BCUT2D eigenvalue weighted by Gasteiger charge is 2.76. The van der Waals surface area contributed by atoms with E-state index in [1.54, 1.807) is 38.6 Å². The summed E-state index contributed by atoms with van der Waals surface area (Å²) in [6.45, 7) is 16.7. The number of carbonyl (C=O) groups excluding carboxylic acids is 3. The number of benzene rings is 2. The Morgan fingerprint density at radius 1 is 1.02 bits per heavy atom. The molecule has 0 aliphatic carbocycles. The predicted molar refractivity (Wildman–Crippen MR) is 195 cm³/mol. The minimum Gasteiger partial charge on any atom is -0.394 e. The summed E-state index contributed by atoms with van der Waals surface area (Å²) in [4.78, 5) is 51.7. The second-order valence-corrected chi connectivity index (χ2v) is 15.2. The molecule has 2 aromatic rings. The Bertz CT molecular complexity index is 1450. The summed E-state index contributed by atoms with van der Waals surface area (Å²) in [6, 6.07) is 15.7. The summed E-state index contributed by atoms with van der Waals surface area (Å²) in [5.74, 6) is -1.86. The molecule has 252 valence electrons. The van der Waals surface area contributed by atoms with Crippen molar-refractivity contribution in [2.75, 3.05) is 49.1 Å². The quantitative estimate of drug-likeness (QED) is 0.188. The number of aliphatic hydroxyl groups is 1. The van der Waals surface area contributed by atoms with E-state index in [0.29, 0.717) is 25.2 Å². The molecule has 3 fully saturated rings. The lowest BCUT2D eigenvalue weighted by Crippen LogP contribution is -2.56. The average Bonchev–Trinajstić information content (AvgIpc) is 3.68. The number of likely N-dealkylation sites (tertiary alicyclic amines) is 1. The molecule has 1 N–H and O–H groups in total. The standard InChI is InChI=1S/C37H47BrN4O4S/c1-6-20-40(21-7-2)34(44)30-31-35(45)42(29(24-43)25-14-12-11-13-15-25)33(37(31)23-28(38)32(30)47-37)36(46)41(22-8-3)27-18-16-26(17-19-27)39(9-4)10-5/h6,8,11-19,28-33,43H,1,3,7,9-10,20-24H2,2,4-5H3/t28?,29-,30+,31+,32+,33?,37?/m1/s1. The lowest BCUT2D eigenvalue weighted by Gasteiger charge is -2.40. The third kappa shape index (κ3) is 6.17. The van der Waals surface area contributed by atoms with Gasteiger partial charge in [0.1, 0.15) is 6.04 Å². The summed E-state index contributed by atoms with van der Waals surface area (Å²) in [5, 5.41) is 10.7. The van der Waals surface area contributed by atoms with Gasteiger partial charge in [-0.15, -0.1) is 24.9 Å². The second-order valence-electron chi connectivity index (χ2n) is 12.5. The fourth-order valence-corrected chi connectivity index (χ4v) is 11.5. The van der Waals surface area contributed by atoms with Crippen LogP contribution in [0.3, 0.4) is 0 Å². The molecule has 47 heavy (non-hydrogen) atoms. The van der Waals surface area contributed by atoms with E-state index >= 15 is 4.79 Å². The summed E-state index contributed by atoms with van der Waals surface area (Å²) in [7, 11) is 0. The maximum atomic E-state index is 15.2. The first-order chi connectivity index (χ1) is 22.7. The van der Waals surface area contributed by atoms with Gasteiger partial charge in [0.15, 0.2) is 0 Å². The zero-order chi connectivity index (χ0) is 33.9. The molecule has 7 atom stereocenters. The van der Waals surface area contributed by atoms with Crippen LogP contribution in [0.1, 0.15) is 45.2 Å². The number of nitrogens with zero attached hydrogens (tertiary/aromatic N) is 4. The molecule has 8 nitrogen and oxygen atoms in total. The lowest BCUT2D eigenvalue weighted by atomic mass is 9.70. The Labute approximate surface area is 292 Å². The number of rotatable bonds is 15. The first-order valence-corrected chi connectivity index (χ1v) is 18.5. The minimum absolute atomic E-state index is 0.0570. The van der Waals surface area contributed by atoms with E-state index in [0.717, 1.165) is 30.8 Å². The van der Waals surface area contributed by atoms with Gasteiger partial charge in [-0.1, -0.05) is 65.3 Å². The molecule has 0 aromatic heterocycles. The Morgan fingerprint density at radius 3 is 2.23 bits per heavy atom. The van der Waals surface area contributed by atoms with Crippen molar-refractivity contribution in [1.29, 1.82) is 0 Å². The third-order valence-corrected chi connectivity index (χ3v) is 13.2. The van der Waals surface area contributed by atoms with Crippen molar-refractivity contribution in [2.24, 2.45) is 11.8 Å². The largest absolute Gasteiger partial charge is 0.394 e. The summed E-state index contributed by atoms with van der Waals surface area (Å²) in [5.41, 5.74) is 2.52. The van der Waals surface area contributed by atoms with Gasteiger partial charge in [0.25, 0.3) is 5.91 Å². The zero-order valence-corrected chi connectivity index (χ0v) is 30.0. The average molecular weight is 724 g/mol. The highest BCUT2D eigenvalue weighted by atomic mass is 79.9. The van der Waals surface area contributed by atoms with E-state index in [9.17, 15) is 14.7 Å². The molecule has 3 aliphatic heterocycles. The van der Waals surface area contributed by atoms with Crippen LogP contribution in [-0.2, 0) is 14.4 Å². The number of halogens is 1. The molecule has 3 amide bonds. The van der Waals surface area contributed by atoms with Crippen LogP contribution >= 0.6 is 27.7 Å². The van der Waals surface area contributed by atoms with Crippen LogP contribution in [-0.4, -0.2) is 92.8 Å². The van der Waals surface area contributed by atoms with Crippen LogP contribution in [0.4, 0.5) is 11.4 Å². The van der Waals surface area contributed by atoms with Crippen molar-refractivity contribution < 1.29 is 19.5 Å². The van der Waals surface area contributed by atoms with Crippen molar-refractivity contribution in [1.82, 2.24) is 9.80 Å². The van der Waals surface area contributed by atoms with Crippen LogP contribution in [0.25, 0.3) is 0 Å². The molecule has 3 heterocycles. The first kappa shape index (κ1) is 35.2. The molecule has 3 unspecified atom stereocenters. The van der Waals surface area contributed by atoms with E-state index in [4.69, 9.17) is 0 Å². The van der Waals surface area contributed by atoms with Crippen molar-refractivity contribution in [3.8, 4) is 0 Å². The van der Waals surface area contributed by atoms with Gasteiger partial charge in [-0.3, -0.25) is 14.4 Å². The highest BCUT2D eigenvalue weighted by Crippen LogP contribution is 2.68. The Morgan fingerprint density at radius 2 is 1.66 bits per heavy atom. The first-order valence-electron chi connectivity index (χ1n) is 16.7. The van der Waals surface area contributed by atoms with Crippen molar-refractivity contribution in [3.63, 3.8) is 0 Å². The molecule has 10 heteroatoms. The molecule has 0 radical (unpaired) electrons. The number of hydrogen-bond donors (Lipinski definition) is 1. The Balaban J connectivity index is 1.63. The number of thioether (sulfide) groups is 1. The van der Waals surface area contributed by atoms with Crippen LogP contribution in [0.2, 0.25) is 0 Å². The highest BCUT2D eigenvalue weighted by molar-refractivity contribution is 9.09. The molecule has 3 saturated heterocycles. The van der Waals surface area contributed by atoms with Crippen molar-refractivity contribution in [3.05, 3.63) is 85.5 Å². The van der Waals surface area contributed by atoms with Gasteiger partial charge in [0.2, 0.25) is 11.8 Å². The monoisotopic (exact) mass is 722 g/mol. The molecule has 3 aliphatic rings. The topological polar surface area (TPSA) is 84.4 Å². The van der Waals surface area contributed by atoms with Gasteiger partial charge in [-0.25, -0.2) is 0 Å². The van der Waals surface area contributed by atoms with Gasteiger partial charge in [-0.2, -0.15) is 0 Å². The molecule has 1 spiro atoms. The number of anilines is 2. The molecule has 2 aromatic carbocycles. The van der Waals surface area contributed by atoms with E-state index in [1.807, 2.05) is 61.5 Å². The van der Waals surface area contributed by atoms with E-state index in [-0.39, 0.29) is 41.0 Å². The number of carbonyl (C=O) groups is 3. The van der Waals surface area contributed by atoms with E-state index < -0.39 is 28.7 Å². The number of aliphatic hydroxyl groups excluding tert-OH is 1. The maximum Gasteiger partial charge on any atom is 0.251 e. The van der Waals surface area contributed by atoms with Gasteiger partial charge in [-0.05, 0) is 56.5 Å². The van der Waals surface area contributed by atoms with Gasteiger partial charge in [0, 0.05) is 54.2 Å². The van der Waals surface area contributed by atoms with E-state index in [1.165, 1.54) is 0 Å².